The minimum atomic E-state index is 0.653. The SMILES string of the molecule is Cc1c(C)n(C)c2ccccc12.Cc1c[nH]c2ncccc12.Cc1ccc2n[nH]nc2c1.Cc1ccc2snnc2c1.Cc1cccc2n[nH]nc12.Cc1cnc2ccccn12.Cc1cnc2cccnc2n1.Cc1cnn(-c2ccccc2)c1.Cc1cnn2ccccc12.Cc1nc(-c2cccnc2)n[nH]1.Cc1nc2ccccc2n1C.Cc1ncc2nccnc2n1.Cc1ncnc2nccnc12.Cc1ncnc2scnc12. The van der Waals surface area contributed by atoms with Crippen LogP contribution in [0.2, 0.25) is 0 Å². The number of rotatable bonds is 2. The molecule has 22 aromatic heterocycles. The molecule has 150 heavy (non-hydrogen) atoms. The van der Waals surface area contributed by atoms with Gasteiger partial charge in [0, 0.05) is 134 Å². The van der Waals surface area contributed by atoms with Gasteiger partial charge in [-0.2, -0.15) is 46.1 Å². The third-order valence-electron chi connectivity index (χ3n) is 22.8. The summed E-state index contributed by atoms with van der Waals surface area (Å²) in [6.45, 7) is 30.1. The fraction of sp³-hybridized carbons (Fsp3) is 0.153. The van der Waals surface area contributed by atoms with Crippen molar-refractivity contribution in [3.8, 4) is 17.1 Å². The van der Waals surface area contributed by atoms with Crippen molar-refractivity contribution < 1.29 is 0 Å². The standard InChI is InChI=1S/C11H13N.C10H10N2.C9H10N2.C8H8N4.C8H7N3.3C8H8N2.2C7H6N4.2C7H7N3.C7H6N2S.C6H5N3S/c1-8-9(2)12(3)11-7-5-4-6-10(8)11;1-9-7-11-12(8-9)10-5-3-2-4-6-10;1-7-10-8-5-3-4-6-9(8)11(7)2;1-6-10-8(12-11-6)7-3-2-4-9-5-7;1-6-5-10-7-3-2-4-9-8(7)11-6;1-6-5-10-8-7(6)3-2-4-9-8;1-7-6-9-8-4-2-3-5-10(7)8;1-7-6-9-10-5-3-2-4-8(7)10;1-5-6-7(11-4-10-5)9-3-2-8-6;1-5-10-4-6-7(11-5)9-3-2-8-6;1-5-2-3-6-7(4-5)9-10-8-6;1-5-3-2-4-6-7(5)9-10-8-6;1-5-2-3-7-6(4-5)8-9-10-7;1-4-5-6(8-2-7-4)10-3-9-5/h4-7H,1-3H3;2-8H,1H3;3-6H,1-2H3;2-5H,1H3,(H,10,11,12);2-5H,1H3;2-5H,1H3,(H,9,10);2*2-6H,1H3;2*2-4H,1H3;2*2-4H,1H3,(H,8,9,10);2-4H,1H3;2-3H,1H3. The highest BCUT2D eigenvalue weighted by molar-refractivity contribution is 7.16. The normalized spacial score (nSPS) is 10.4. The van der Waals surface area contributed by atoms with Gasteiger partial charge in [0.25, 0.3) is 0 Å². The highest BCUT2D eigenvalue weighted by Gasteiger charge is 2.10. The van der Waals surface area contributed by atoms with Gasteiger partial charge in [-0.3, -0.25) is 15.1 Å². The Kier molecular flexibility index (Phi) is 36.3. The van der Waals surface area contributed by atoms with Crippen molar-refractivity contribution in [2.24, 2.45) is 14.1 Å². The van der Waals surface area contributed by atoms with Gasteiger partial charge in [-0.1, -0.05) is 89.4 Å². The molecule has 0 fully saturated rings. The third-order valence-corrected chi connectivity index (χ3v) is 24.3. The zero-order valence-corrected chi connectivity index (χ0v) is 87.4. The number of H-pyrrole nitrogens is 4. The number of thiazole rings is 1. The van der Waals surface area contributed by atoms with Gasteiger partial charge in [-0.25, -0.2) is 93.9 Å². The van der Waals surface area contributed by atoms with Crippen LogP contribution in [-0.4, -0.2) is 183 Å². The average molecular weight is 2030 g/mol. The van der Waals surface area contributed by atoms with Crippen LogP contribution >= 0.6 is 22.9 Å². The van der Waals surface area contributed by atoms with Gasteiger partial charge in [-0.05, 0) is 276 Å². The molecule has 0 saturated carbocycles. The molecule has 28 rings (SSSR count). The maximum absolute atomic E-state index is 4.38. The molecule has 750 valence electrons. The maximum atomic E-state index is 4.38. The summed E-state index contributed by atoms with van der Waals surface area (Å²) < 4.78 is 15.1. The smallest absolute Gasteiger partial charge is 0.182 e. The lowest BCUT2D eigenvalue weighted by atomic mass is 10.2. The van der Waals surface area contributed by atoms with E-state index in [1.54, 1.807) is 73.8 Å². The first kappa shape index (κ1) is 105. The van der Waals surface area contributed by atoms with Crippen molar-refractivity contribution in [3.63, 3.8) is 0 Å². The lowest BCUT2D eigenvalue weighted by molar-refractivity contribution is 0.880. The molecule has 0 radical (unpaired) electrons. The summed E-state index contributed by atoms with van der Waals surface area (Å²) in [4.78, 5) is 81.7. The molecule has 0 saturated heterocycles. The van der Waals surface area contributed by atoms with Crippen molar-refractivity contribution >= 4 is 143 Å². The molecule has 0 spiro atoms. The molecular formula is C111H109N37S2. The Labute approximate surface area is 870 Å². The minimum absolute atomic E-state index is 0.653. The van der Waals surface area contributed by atoms with Gasteiger partial charge < -0.3 is 18.5 Å². The van der Waals surface area contributed by atoms with Crippen molar-refractivity contribution in [1.82, 2.24) is 183 Å². The van der Waals surface area contributed by atoms with E-state index >= 15 is 0 Å². The molecule has 0 unspecified atom stereocenters. The summed E-state index contributed by atoms with van der Waals surface area (Å²) >= 11 is 2.97. The zero-order chi connectivity index (χ0) is 105. The summed E-state index contributed by atoms with van der Waals surface area (Å²) in [5, 5.41) is 42.6. The Morgan fingerprint density at radius 3 is 1.81 bits per heavy atom. The molecule has 28 aromatic rings. The molecule has 0 amide bonds. The van der Waals surface area contributed by atoms with Crippen LogP contribution in [0.1, 0.15) is 84.9 Å². The molecule has 22 heterocycles. The van der Waals surface area contributed by atoms with E-state index in [1.165, 1.54) is 101 Å². The van der Waals surface area contributed by atoms with Crippen molar-refractivity contribution in [3.05, 3.63) is 415 Å². The number of nitrogens with one attached hydrogen (secondary N) is 4. The lowest BCUT2D eigenvalue weighted by Crippen LogP contribution is -1.92. The van der Waals surface area contributed by atoms with Crippen LogP contribution in [-0.2, 0) is 14.1 Å². The Bertz CT molecular complexity index is 8610. The van der Waals surface area contributed by atoms with Gasteiger partial charge in [0.15, 0.2) is 22.8 Å². The van der Waals surface area contributed by atoms with E-state index in [9.17, 15) is 0 Å². The van der Waals surface area contributed by atoms with Gasteiger partial charge in [0.2, 0.25) is 0 Å². The molecule has 37 nitrogen and oxygen atoms in total. The van der Waals surface area contributed by atoms with E-state index < -0.39 is 0 Å². The minimum Gasteiger partial charge on any atom is -0.348 e. The number of para-hydroxylation sites is 5. The van der Waals surface area contributed by atoms with E-state index in [0.717, 1.165) is 127 Å². The number of nitrogens with zero attached hydrogens (tertiary/aromatic N) is 33. The molecule has 6 aromatic carbocycles. The van der Waals surface area contributed by atoms with E-state index in [-0.39, 0.29) is 0 Å². The van der Waals surface area contributed by atoms with Gasteiger partial charge in [0.1, 0.15) is 95.9 Å². The van der Waals surface area contributed by atoms with Crippen molar-refractivity contribution in [2.45, 2.75) is 104 Å². The van der Waals surface area contributed by atoms with E-state index in [2.05, 4.69) is 270 Å². The second-order valence-electron chi connectivity index (χ2n) is 33.9. The number of hydrogen-bond acceptors (Lipinski definition) is 30. The molecule has 0 bridgehead atoms. The predicted molar refractivity (Wildman–Crippen MR) is 592 cm³/mol. The summed E-state index contributed by atoms with van der Waals surface area (Å²) in [6.07, 6.45) is 33.5. The average Bonchev–Trinajstić information content (AvgIpc) is 1.64. The lowest BCUT2D eigenvalue weighted by Gasteiger charge is -1.98. The fourth-order valence-corrected chi connectivity index (χ4v) is 15.9. The van der Waals surface area contributed by atoms with Crippen LogP contribution in [0.25, 0.3) is 137 Å². The maximum Gasteiger partial charge on any atom is 0.182 e. The first-order chi connectivity index (χ1) is 72.9. The van der Waals surface area contributed by atoms with E-state index in [1.807, 2.05) is 281 Å². The van der Waals surface area contributed by atoms with Crippen LogP contribution in [0.15, 0.2) is 330 Å². The summed E-state index contributed by atoms with van der Waals surface area (Å²) in [7, 11) is 4.15. The topological polar surface area (TPSA) is 448 Å². The number of benzene rings is 6. The monoisotopic (exact) mass is 2020 g/mol. The van der Waals surface area contributed by atoms with Crippen molar-refractivity contribution in [1.29, 1.82) is 0 Å². The molecule has 39 heteroatoms. The number of aryl methyl sites for hydroxylation is 16. The molecule has 4 N–H and O–H groups in total. The highest BCUT2D eigenvalue weighted by atomic mass is 32.1. The number of fused-ring (bicyclic) bond motifs is 12. The largest absolute Gasteiger partial charge is 0.348 e. The van der Waals surface area contributed by atoms with Crippen molar-refractivity contribution in [2.75, 3.05) is 0 Å². The van der Waals surface area contributed by atoms with Crippen LogP contribution < -0.4 is 0 Å². The first-order valence-corrected chi connectivity index (χ1v) is 49.1. The number of aromatic nitrogens is 37. The molecule has 0 atom stereocenters. The molecule has 0 aliphatic rings. The zero-order valence-electron chi connectivity index (χ0n) is 85.8. The second-order valence-corrected chi connectivity index (χ2v) is 35.5. The quantitative estimate of drug-likeness (QED) is 0.125. The fourth-order valence-electron chi connectivity index (χ4n) is 14.7. The summed E-state index contributed by atoms with van der Waals surface area (Å²) in [6, 6.07) is 68.4. The van der Waals surface area contributed by atoms with Crippen LogP contribution in [0.3, 0.4) is 0 Å². The predicted octanol–water partition coefficient (Wildman–Crippen LogP) is 21.9. The highest BCUT2D eigenvalue weighted by Crippen LogP contribution is 2.25. The number of aromatic amines is 4. The Balaban J connectivity index is 0.000000121. The van der Waals surface area contributed by atoms with Gasteiger partial charge >= 0.3 is 0 Å². The van der Waals surface area contributed by atoms with Crippen LogP contribution in [0, 0.1) is 104 Å². The third kappa shape index (κ3) is 28.5. The second kappa shape index (κ2) is 51.9. The Hall–Kier alpha value is -19.2. The first-order valence-electron chi connectivity index (χ1n) is 47.4. The Morgan fingerprint density at radius 1 is 0.380 bits per heavy atom. The molecule has 0 aliphatic heterocycles. The van der Waals surface area contributed by atoms with Crippen LogP contribution in [0.4, 0.5) is 0 Å². The van der Waals surface area contributed by atoms with Gasteiger partial charge in [-0.15, -0.1) is 16.4 Å². The Morgan fingerprint density at radius 2 is 1.05 bits per heavy atom. The van der Waals surface area contributed by atoms with E-state index in [0.29, 0.717) is 22.8 Å². The number of pyridine rings is 5. The summed E-state index contributed by atoms with van der Waals surface area (Å²) in [5.41, 5.74) is 34.5. The summed E-state index contributed by atoms with van der Waals surface area (Å²) in [5.74, 6) is 3.29. The van der Waals surface area contributed by atoms with E-state index in [4.69, 9.17) is 0 Å². The molecular weight excluding hydrogens is 1920 g/mol. The molecule has 0 aliphatic carbocycles. The number of imidazole rings is 2. The number of hydrogen-bond donors (Lipinski definition) is 4. The van der Waals surface area contributed by atoms with Gasteiger partial charge in [0.05, 0.1) is 68.1 Å². The van der Waals surface area contributed by atoms with Crippen LogP contribution in [0.5, 0.6) is 0 Å².